The second-order valence-electron chi connectivity index (χ2n) is 5.79. The lowest BCUT2D eigenvalue weighted by molar-refractivity contribution is -0.141. The van der Waals surface area contributed by atoms with Crippen LogP contribution in [-0.4, -0.2) is 9.55 Å². The van der Waals surface area contributed by atoms with E-state index in [4.69, 9.17) is 11.6 Å². The molecule has 0 aliphatic heterocycles. The number of benzene rings is 2. The van der Waals surface area contributed by atoms with E-state index in [1.54, 1.807) is 6.07 Å². The van der Waals surface area contributed by atoms with E-state index in [0.717, 1.165) is 16.7 Å². The second kappa shape index (κ2) is 7.43. The minimum Gasteiger partial charge on any atom is -0.324 e. The number of aromatic nitrogens is 2. The van der Waals surface area contributed by atoms with Crippen molar-refractivity contribution < 1.29 is 26.3 Å². The molecule has 0 unspecified atom stereocenters. The van der Waals surface area contributed by atoms with Crippen molar-refractivity contribution >= 4 is 23.2 Å². The van der Waals surface area contributed by atoms with Crippen LogP contribution in [0.5, 0.6) is 0 Å². The number of nitrogens with zero attached hydrogens (tertiary/aromatic N) is 2. The fourth-order valence-electron chi connectivity index (χ4n) is 2.46. The van der Waals surface area contributed by atoms with Crippen LogP contribution in [0.1, 0.15) is 11.3 Å². The Balaban J connectivity index is 2.20. The average Bonchev–Trinajstić information content (AvgIpc) is 2.62. The molecule has 152 valence electrons. The Bertz CT molecular complexity index is 1090. The number of hydrogen-bond donors (Lipinski definition) is 1. The highest BCUT2D eigenvalue weighted by Gasteiger charge is 2.35. The summed E-state index contributed by atoms with van der Waals surface area (Å²) in [6.07, 6.45) is -9.65. The highest BCUT2D eigenvalue weighted by Crippen LogP contribution is 2.35. The fourth-order valence-corrected chi connectivity index (χ4v) is 2.62. The maximum absolute atomic E-state index is 13.1. The normalized spacial score (nSPS) is 12.1. The molecular formula is C18H10ClF6N3O. The molecule has 3 rings (SSSR count). The topological polar surface area (TPSA) is 46.9 Å². The first-order valence-corrected chi connectivity index (χ1v) is 8.25. The number of alkyl halides is 6. The van der Waals surface area contributed by atoms with Gasteiger partial charge in [0.1, 0.15) is 0 Å². The van der Waals surface area contributed by atoms with E-state index in [-0.39, 0.29) is 16.4 Å². The Labute approximate surface area is 164 Å². The molecule has 0 aliphatic rings. The van der Waals surface area contributed by atoms with Crippen LogP contribution in [0, 0.1) is 0 Å². The van der Waals surface area contributed by atoms with E-state index in [1.807, 2.05) is 0 Å². The largest absolute Gasteiger partial charge is 0.433 e. The average molecular weight is 434 g/mol. The lowest BCUT2D eigenvalue weighted by atomic mass is 10.2. The molecule has 0 fully saturated rings. The molecule has 1 aromatic heterocycles. The first kappa shape index (κ1) is 20.7. The highest BCUT2D eigenvalue weighted by atomic mass is 35.5. The zero-order valence-electron chi connectivity index (χ0n) is 14.1. The van der Waals surface area contributed by atoms with Crippen LogP contribution < -0.4 is 10.9 Å². The number of rotatable bonds is 3. The fraction of sp³-hybridized carbons (Fsp3) is 0.111. The monoisotopic (exact) mass is 433 g/mol. The van der Waals surface area contributed by atoms with Gasteiger partial charge >= 0.3 is 12.4 Å². The van der Waals surface area contributed by atoms with Gasteiger partial charge in [0.25, 0.3) is 5.56 Å². The highest BCUT2D eigenvalue weighted by molar-refractivity contribution is 6.33. The Morgan fingerprint density at radius 2 is 1.55 bits per heavy atom. The number of nitrogens with one attached hydrogen (secondary N) is 1. The summed E-state index contributed by atoms with van der Waals surface area (Å²) in [6.45, 7) is 0. The summed E-state index contributed by atoms with van der Waals surface area (Å²) in [4.78, 5) is 15.8. The van der Waals surface area contributed by atoms with E-state index < -0.39 is 35.1 Å². The Morgan fingerprint density at radius 3 is 2.14 bits per heavy atom. The molecule has 0 amide bonds. The van der Waals surface area contributed by atoms with E-state index in [2.05, 4.69) is 10.3 Å². The van der Waals surface area contributed by atoms with Gasteiger partial charge in [0, 0.05) is 6.07 Å². The van der Waals surface area contributed by atoms with Gasteiger partial charge in [-0.05, 0) is 30.3 Å². The summed E-state index contributed by atoms with van der Waals surface area (Å²) >= 11 is 5.90. The summed E-state index contributed by atoms with van der Waals surface area (Å²) in [7, 11) is 0. The Morgan fingerprint density at radius 1 is 0.897 bits per heavy atom. The van der Waals surface area contributed by atoms with Gasteiger partial charge in [-0.15, -0.1) is 0 Å². The third-order valence-electron chi connectivity index (χ3n) is 3.76. The smallest absolute Gasteiger partial charge is 0.324 e. The number of halogens is 7. The minimum absolute atomic E-state index is 0.157. The summed E-state index contributed by atoms with van der Waals surface area (Å²) in [6, 6.07) is 10.1. The molecule has 0 saturated heterocycles. The number of para-hydroxylation sites is 1. The van der Waals surface area contributed by atoms with Gasteiger partial charge in [-0.25, -0.2) is 9.55 Å². The van der Waals surface area contributed by atoms with Gasteiger partial charge in [0.15, 0.2) is 5.69 Å². The van der Waals surface area contributed by atoms with E-state index >= 15 is 0 Å². The summed E-state index contributed by atoms with van der Waals surface area (Å²) in [5.41, 5.74) is -3.86. The molecule has 0 spiro atoms. The van der Waals surface area contributed by atoms with Crippen molar-refractivity contribution in [2.75, 3.05) is 5.32 Å². The van der Waals surface area contributed by atoms with Gasteiger partial charge in [-0.2, -0.15) is 26.3 Å². The Hall–Kier alpha value is -3.01. The number of hydrogen-bond acceptors (Lipinski definition) is 3. The van der Waals surface area contributed by atoms with Crippen molar-refractivity contribution in [3.05, 3.63) is 81.2 Å². The van der Waals surface area contributed by atoms with Crippen molar-refractivity contribution in [1.29, 1.82) is 0 Å². The quantitative estimate of drug-likeness (QED) is 0.542. The van der Waals surface area contributed by atoms with Crippen molar-refractivity contribution in [2.45, 2.75) is 12.4 Å². The van der Waals surface area contributed by atoms with Crippen LogP contribution in [-0.2, 0) is 12.4 Å². The minimum atomic E-state index is -4.94. The molecule has 0 radical (unpaired) electrons. The molecule has 1 N–H and O–H groups in total. The molecule has 0 saturated carbocycles. The Kier molecular flexibility index (Phi) is 5.31. The molecule has 0 atom stereocenters. The molecule has 2 aromatic carbocycles. The van der Waals surface area contributed by atoms with Gasteiger partial charge in [0.05, 0.1) is 22.0 Å². The second-order valence-corrected chi connectivity index (χ2v) is 6.20. The molecule has 0 aliphatic carbocycles. The molecule has 11 heteroatoms. The van der Waals surface area contributed by atoms with Crippen LogP contribution >= 0.6 is 11.6 Å². The van der Waals surface area contributed by atoms with Crippen molar-refractivity contribution in [2.24, 2.45) is 0 Å². The van der Waals surface area contributed by atoms with Crippen LogP contribution in [0.4, 0.5) is 38.0 Å². The van der Waals surface area contributed by atoms with Gasteiger partial charge in [-0.3, -0.25) is 4.79 Å². The summed E-state index contributed by atoms with van der Waals surface area (Å²) in [5, 5.41) is 2.12. The van der Waals surface area contributed by atoms with Crippen molar-refractivity contribution in [3.8, 4) is 5.69 Å². The molecule has 4 nitrogen and oxygen atoms in total. The van der Waals surface area contributed by atoms with Gasteiger partial charge in [-0.1, -0.05) is 29.8 Å². The maximum Gasteiger partial charge on any atom is 0.433 e. The van der Waals surface area contributed by atoms with E-state index in [1.165, 1.54) is 24.3 Å². The van der Waals surface area contributed by atoms with Crippen LogP contribution in [0.2, 0.25) is 5.02 Å². The lowest BCUT2D eigenvalue weighted by Gasteiger charge is -2.17. The van der Waals surface area contributed by atoms with Crippen LogP contribution in [0.15, 0.2) is 59.4 Å². The lowest BCUT2D eigenvalue weighted by Crippen LogP contribution is -2.25. The van der Waals surface area contributed by atoms with E-state index in [9.17, 15) is 31.1 Å². The molecule has 3 aromatic rings. The van der Waals surface area contributed by atoms with Crippen LogP contribution in [0.3, 0.4) is 0 Å². The number of anilines is 2. The summed E-state index contributed by atoms with van der Waals surface area (Å²) < 4.78 is 79.0. The zero-order chi connectivity index (χ0) is 21.4. The molecular weight excluding hydrogens is 424 g/mol. The van der Waals surface area contributed by atoms with Gasteiger partial charge in [0.2, 0.25) is 5.95 Å². The standard InChI is InChI=1S/C18H10ClF6N3O/c19-12-7-6-10(17(20,21)22)8-13(12)26-16-27-14(18(23,24)25)9-15(29)28(16)11-4-2-1-3-5-11/h1-9H,(H,26,27). The SMILES string of the molecule is O=c1cc(C(F)(F)F)nc(Nc2cc(C(F)(F)F)ccc2Cl)n1-c1ccccc1. The maximum atomic E-state index is 13.1. The zero-order valence-corrected chi connectivity index (χ0v) is 14.9. The van der Waals surface area contributed by atoms with E-state index in [0.29, 0.717) is 12.1 Å². The molecule has 1 heterocycles. The first-order valence-electron chi connectivity index (χ1n) is 7.87. The van der Waals surface area contributed by atoms with Crippen molar-refractivity contribution in [3.63, 3.8) is 0 Å². The summed E-state index contributed by atoms with van der Waals surface area (Å²) in [5.74, 6) is -0.641. The van der Waals surface area contributed by atoms with Gasteiger partial charge < -0.3 is 5.32 Å². The third kappa shape index (κ3) is 4.53. The predicted octanol–water partition coefficient (Wildman–Crippen LogP) is 5.67. The molecule has 29 heavy (non-hydrogen) atoms. The predicted molar refractivity (Wildman–Crippen MR) is 94.6 cm³/mol. The third-order valence-corrected chi connectivity index (χ3v) is 4.09. The van der Waals surface area contributed by atoms with Crippen molar-refractivity contribution in [1.82, 2.24) is 9.55 Å². The first-order chi connectivity index (χ1) is 13.5. The van der Waals surface area contributed by atoms with Crippen LogP contribution in [0.25, 0.3) is 5.69 Å². The molecule has 0 bridgehead atoms.